The van der Waals surface area contributed by atoms with Crippen LogP contribution in [0.4, 0.5) is 5.69 Å². The predicted octanol–water partition coefficient (Wildman–Crippen LogP) is 5.23. The lowest BCUT2D eigenvalue weighted by Crippen LogP contribution is -2.09. The van der Waals surface area contributed by atoms with Gasteiger partial charge in [0.05, 0.1) is 5.69 Å². The van der Waals surface area contributed by atoms with Crippen LogP contribution in [0.2, 0.25) is 0 Å². The molecule has 0 atom stereocenters. The first-order valence-corrected chi connectivity index (χ1v) is 8.52. The van der Waals surface area contributed by atoms with E-state index in [4.69, 9.17) is 4.74 Å². The van der Waals surface area contributed by atoms with E-state index in [0.29, 0.717) is 18.0 Å². The first-order chi connectivity index (χ1) is 12.7. The van der Waals surface area contributed by atoms with Crippen LogP contribution in [0.5, 0.6) is 5.75 Å². The van der Waals surface area contributed by atoms with Crippen LogP contribution in [0.25, 0.3) is 6.08 Å². The summed E-state index contributed by atoms with van der Waals surface area (Å²) in [5.41, 5.74) is 3.78. The van der Waals surface area contributed by atoms with Gasteiger partial charge in [0.1, 0.15) is 12.4 Å². The van der Waals surface area contributed by atoms with Gasteiger partial charge in [-0.3, -0.25) is 4.79 Å². The summed E-state index contributed by atoms with van der Waals surface area (Å²) in [4.78, 5) is 12.3. The van der Waals surface area contributed by atoms with Crippen molar-refractivity contribution in [2.45, 2.75) is 13.5 Å². The zero-order valence-electron chi connectivity index (χ0n) is 14.7. The smallest absolute Gasteiger partial charge is 0.248 e. The van der Waals surface area contributed by atoms with E-state index in [9.17, 15) is 4.79 Å². The summed E-state index contributed by atoms with van der Waals surface area (Å²) in [6, 6.07) is 25.4. The quantitative estimate of drug-likeness (QED) is 0.623. The molecule has 0 aliphatic rings. The average molecular weight is 343 g/mol. The summed E-state index contributed by atoms with van der Waals surface area (Å²) in [5, 5.41) is 2.91. The molecule has 0 unspecified atom stereocenters. The number of aryl methyl sites for hydroxylation is 1. The van der Waals surface area contributed by atoms with Gasteiger partial charge in [0, 0.05) is 6.08 Å². The topological polar surface area (TPSA) is 38.3 Å². The molecule has 3 rings (SSSR count). The standard InChI is InChI=1S/C23H21NO2/c1-18-12-14-22(26-17-20-10-6-3-7-11-20)21(16-18)24-23(25)15-13-19-8-4-2-5-9-19/h2-16H,17H2,1H3,(H,24,25). The molecule has 0 aliphatic carbocycles. The summed E-state index contributed by atoms with van der Waals surface area (Å²) < 4.78 is 5.90. The Bertz CT molecular complexity index is 887. The van der Waals surface area contributed by atoms with Crippen molar-refractivity contribution < 1.29 is 9.53 Å². The summed E-state index contributed by atoms with van der Waals surface area (Å²) in [5.74, 6) is 0.463. The highest BCUT2D eigenvalue weighted by atomic mass is 16.5. The summed E-state index contributed by atoms with van der Waals surface area (Å²) in [7, 11) is 0. The largest absolute Gasteiger partial charge is 0.487 e. The van der Waals surface area contributed by atoms with Crippen molar-refractivity contribution in [3.8, 4) is 5.75 Å². The van der Waals surface area contributed by atoms with Crippen LogP contribution in [-0.2, 0) is 11.4 Å². The second-order valence-corrected chi connectivity index (χ2v) is 6.01. The Labute approximate surface area is 154 Å². The molecule has 3 heteroatoms. The molecule has 1 N–H and O–H groups in total. The maximum atomic E-state index is 12.3. The van der Waals surface area contributed by atoms with Gasteiger partial charge in [-0.25, -0.2) is 0 Å². The van der Waals surface area contributed by atoms with Crippen molar-refractivity contribution in [3.63, 3.8) is 0 Å². The molecule has 3 nitrogen and oxygen atoms in total. The molecule has 0 aromatic heterocycles. The molecule has 3 aromatic carbocycles. The van der Waals surface area contributed by atoms with Crippen LogP contribution in [-0.4, -0.2) is 5.91 Å². The van der Waals surface area contributed by atoms with E-state index in [1.165, 1.54) is 6.08 Å². The lowest BCUT2D eigenvalue weighted by molar-refractivity contribution is -0.111. The second-order valence-electron chi connectivity index (χ2n) is 6.01. The molecule has 0 aliphatic heterocycles. The van der Waals surface area contributed by atoms with Gasteiger partial charge in [0.2, 0.25) is 5.91 Å². The molecular weight excluding hydrogens is 322 g/mol. The molecule has 3 aromatic rings. The van der Waals surface area contributed by atoms with Crippen molar-refractivity contribution in [3.05, 3.63) is 102 Å². The first-order valence-electron chi connectivity index (χ1n) is 8.52. The lowest BCUT2D eigenvalue weighted by atomic mass is 10.2. The van der Waals surface area contributed by atoms with E-state index in [1.807, 2.05) is 85.8 Å². The van der Waals surface area contributed by atoms with Crippen molar-refractivity contribution in [2.24, 2.45) is 0 Å². The number of carbonyl (C=O) groups is 1. The minimum absolute atomic E-state index is 0.191. The Kier molecular flexibility index (Phi) is 5.84. The lowest BCUT2D eigenvalue weighted by Gasteiger charge is -2.13. The van der Waals surface area contributed by atoms with E-state index in [-0.39, 0.29) is 5.91 Å². The Balaban J connectivity index is 1.69. The van der Waals surface area contributed by atoms with Gasteiger partial charge in [-0.15, -0.1) is 0 Å². The minimum Gasteiger partial charge on any atom is -0.487 e. The normalized spacial score (nSPS) is 10.7. The number of ether oxygens (including phenoxy) is 1. The Morgan fingerprint density at radius 1 is 0.962 bits per heavy atom. The van der Waals surface area contributed by atoms with E-state index in [1.54, 1.807) is 6.08 Å². The molecule has 0 saturated carbocycles. The molecule has 130 valence electrons. The highest BCUT2D eigenvalue weighted by Gasteiger charge is 2.07. The van der Waals surface area contributed by atoms with Gasteiger partial charge in [0.25, 0.3) is 0 Å². The van der Waals surface area contributed by atoms with Gasteiger partial charge < -0.3 is 10.1 Å². The summed E-state index contributed by atoms with van der Waals surface area (Å²) >= 11 is 0. The van der Waals surface area contributed by atoms with Gasteiger partial charge in [-0.1, -0.05) is 66.7 Å². The van der Waals surface area contributed by atoms with Gasteiger partial charge in [0.15, 0.2) is 0 Å². The van der Waals surface area contributed by atoms with Crippen LogP contribution in [0.1, 0.15) is 16.7 Å². The molecule has 0 bridgehead atoms. The van der Waals surface area contributed by atoms with Gasteiger partial charge in [-0.2, -0.15) is 0 Å². The third-order valence-electron chi connectivity index (χ3n) is 3.86. The van der Waals surface area contributed by atoms with E-state index in [2.05, 4.69) is 5.32 Å². The fourth-order valence-electron chi connectivity index (χ4n) is 2.51. The zero-order valence-corrected chi connectivity index (χ0v) is 14.7. The molecule has 0 saturated heterocycles. The molecule has 1 amide bonds. The molecule has 0 radical (unpaired) electrons. The number of carbonyl (C=O) groups excluding carboxylic acids is 1. The number of hydrogen-bond acceptors (Lipinski definition) is 2. The Morgan fingerprint density at radius 2 is 1.65 bits per heavy atom. The number of benzene rings is 3. The molecule has 0 spiro atoms. The van der Waals surface area contributed by atoms with Crippen molar-refractivity contribution in [2.75, 3.05) is 5.32 Å². The molecule has 0 heterocycles. The summed E-state index contributed by atoms with van der Waals surface area (Å²) in [6.07, 6.45) is 3.31. The van der Waals surface area contributed by atoms with E-state index >= 15 is 0 Å². The van der Waals surface area contributed by atoms with Gasteiger partial charge in [-0.05, 0) is 41.8 Å². The highest BCUT2D eigenvalue weighted by molar-refractivity contribution is 6.02. The van der Waals surface area contributed by atoms with Crippen molar-refractivity contribution in [1.29, 1.82) is 0 Å². The predicted molar refractivity (Wildman–Crippen MR) is 106 cm³/mol. The average Bonchev–Trinajstić information content (AvgIpc) is 2.67. The molecule has 26 heavy (non-hydrogen) atoms. The van der Waals surface area contributed by atoms with Crippen molar-refractivity contribution >= 4 is 17.7 Å². The molecular formula is C23H21NO2. The maximum absolute atomic E-state index is 12.3. The number of rotatable bonds is 6. The maximum Gasteiger partial charge on any atom is 0.248 e. The van der Waals surface area contributed by atoms with Gasteiger partial charge >= 0.3 is 0 Å². The van der Waals surface area contributed by atoms with Crippen LogP contribution in [0.15, 0.2) is 84.9 Å². The van der Waals surface area contributed by atoms with E-state index < -0.39 is 0 Å². The SMILES string of the molecule is Cc1ccc(OCc2ccccc2)c(NC(=O)C=Cc2ccccc2)c1. The number of hydrogen-bond donors (Lipinski definition) is 1. The number of anilines is 1. The first kappa shape index (κ1) is 17.5. The third kappa shape index (κ3) is 5.08. The van der Waals surface area contributed by atoms with Crippen LogP contribution < -0.4 is 10.1 Å². The highest BCUT2D eigenvalue weighted by Crippen LogP contribution is 2.26. The Morgan fingerprint density at radius 3 is 2.38 bits per heavy atom. The fourth-order valence-corrected chi connectivity index (χ4v) is 2.51. The summed E-state index contributed by atoms with van der Waals surface area (Å²) in [6.45, 7) is 2.43. The fraction of sp³-hybridized carbons (Fsp3) is 0.0870. The monoisotopic (exact) mass is 343 g/mol. The van der Waals surface area contributed by atoms with Crippen LogP contribution in [0.3, 0.4) is 0 Å². The Hall–Kier alpha value is -3.33. The van der Waals surface area contributed by atoms with E-state index in [0.717, 1.165) is 16.7 Å². The molecule has 0 fully saturated rings. The zero-order chi connectivity index (χ0) is 18.2. The third-order valence-corrected chi connectivity index (χ3v) is 3.86. The second kappa shape index (κ2) is 8.67. The van der Waals surface area contributed by atoms with Crippen LogP contribution in [0, 0.1) is 6.92 Å². The number of nitrogens with one attached hydrogen (secondary N) is 1. The van der Waals surface area contributed by atoms with Crippen molar-refractivity contribution in [1.82, 2.24) is 0 Å². The van der Waals surface area contributed by atoms with Crippen LogP contribution >= 0.6 is 0 Å². The number of amides is 1. The minimum atomic E-state index is -0.191.